The highest BCUT2D eigenvalue weighted by molar-refractivity contribution is 6.11. The Hall–Kier alpha value is -10.4. The number of primary amides is 2. The topological polar surface area (TPSA) is 656 Å². The SMILES string of the molecule is COc1c(O)c(O)c(-n2nc(C(N)=O)c3c2C(=O)N(c2ccc(N4C(=O)CC(O)(O)C(O)(OCOc5c(O)c(O)c(-n6nc(C(N)=O)c7c6C(=O)N(c6ccc(N8C(=O)C(O)(O)C(O)(O)C(O)(O)C8(O)O)cc6)CC7)c(O)c5O)C4(O)O)cc2)CC3)c(O)c1O. The van der Waals surface area contributed by atoms with Crippen LogP contribution in [-0.4, -0.2) is 230 Å². The zero-order chi connectivity index (χ0) is 66.6. The molecule has 2 saturated heterocycles. The van der Waals surface area contributed by atoms with Gasteiger partial charge in [0.25, 0.3) is 35.3 Å². The molecule has 1 unspecified atom stereocenters. The van der Waals surface area contributed by atoms with E-state index >= 15 is 0 Å². The lowest BCUT2D eigenvalue weighted by molar-refractivity contribution is -0.505. The summed E-state index contributed by atoms with van der Waals surface area (Å²) in [6.07, 6.45) is -2.21. The summed E-state index contributed by atoms with van der Waals surface area (Å²) in [4.78, 5) is 81.6. The van der Waals surface area contributed by atoms with E-state index in [0.29, 0.717) is 9.36 Å². The number of fused-ring (bicyclic) bond motifs is 2. The van der Waals surface area contributed by atoms with Crippen LogP contribution in [0.3, 0.4) is 0 Å². The normalized spacial score (nSPS) is 20.4. The van der Waals surface area contributed by atoms with Crippen LogP contribution in [0.1, 0.15) is 59.5 Å². The van der Waals surface area contributed by atoms with Gasteiger partial charge in [0.2, 0.25) is 46.2 Å². The number of ether oxygens (including phenoxy) is 3. The third-order valence-corrected chi connectivity index (χ3v) is 15.3. The summed E-state index contributed by atoms with van der Waals surface area (Å²) in [5.74, 6) is -52.6. The third-order valence-electron chi connectivity index (χ3n) is 15.3. The largest absolute Gasteiger partial charge is 0.503 e. The number of aromatic nitrogens is 4. The molecule has 4 aliphatic rings. The molecule has 478 valence electrons. The van der Waals surface area contributed by atoms with Gasteiger partial charge in [-0.25, -0.2) is 9.36 Å². The van der Waals surface area contributed by atoms with E-state index in [1.165, 1.54) is 0 Å². The smallest absolute Gasteiger partial charge is 0.316 e. The first-order valence-corrected chi connectivity index (χ1v) is 25.3. The highest BCUT2D eigenvalue weighted by atomic mass is 16.8. The van der Waals surface area contributed by atoms with Gasteiger partial charge in [0, 0.05) is 47.0 Å². The lowest BCUT2D eigenvalue weighted by atomic mass is 9.86. The molecule has 0 bridgehead atoms. The highest BCUT2D eigenvalue weighted by Gasteiger charge is 2.81. The van der Waals surface area contributed by atoms with Crippen LogP contribution in [0.5, 0.6) is 57.5 Å². The summed E-state index contributed by atoms with van der Waals surface area (Å²) in [7, 11) is 0.970. The van der Waals surface area contributed by atoms with Crippen LogP contribution in [0.25, 0.3) is 11.4 Å². The second-order valence-corrected chi connectivity index (χ2v) is 20.4. The quantitative estimate of drug-likeness (QED) is 0.0290. The van der Waals surface area contributed by atoms with Crippen molar-refractivity contribution < 1.29 is 150 Å². The summed E-state index contributed by atoms with van der Waals surface area (Å²) < 4.78 is 15.8. The van der Waals surface area contributed by atoms with Gasteiger partial charge >= 0.3 is 29.2 Å². The number of aromatic hydroxyl groups is 8. The van der Waals surface area contributed by atoms with Crippen molar-refractivity contribution in [2.75, 3.05) is 46.6 Å². The predicted molar refractivity (Wildman–Crippen MR) is 282 cm³/mol. The molecular formula is C50H48N10O30. The lowest BCUT2D eigenvalue weighted by Gasteiger charge is -2.55. The molecular weight excluding hydrogens is 1220 g/mol. The minimum atomic E-state index is -4.73. The standard InChI is InChI=1S/C50H48N10O30/c1-88-37-33(66)29(62)27(30(63)34(37)67)59-25-20(23(53-59)39(51)70)10-12-55(41(25)72)16-2-6-18(7-3-16)57-22(61)14-44(75,76)48(83,50(57,86)87)90-15-89-38-35(68)31(64)28(32(65)36(38)69)60-26-21(24(54-60)40(52)71)11-13-56(42(26)73)17-4-8-19(9-5-17)58-43(74)45(77,78)46(79,80)47(81,82)49(58,84)85/h2-9,62-69,75-87H,10-15H2,1H3,(H2,51,70)(H2,52,71). The van der Waals surface area contributed by atoms with Crippen molar-refractivity contribution >= 4 is 58.2 Å². The lowest BCUT2D eigenvalue weighted by Crippen LogP contribution is -2.88. The van der Waals surface area contributed by atoms with E-state index < -0.39 is 197 Å². The number of amides is 6. The molecule has 6 aromatic rings. The molecule has 2 aromatic heterocycles. The maximum atomic E-state index is 14.4. The molecule has 0 radical (unpaired) electrons. The molecule has 0 spiro atoms. The number of benzene rings is 4. The summed E-state index contributed by atoms with van der Waals surface area (Å²) in [6, 6.07) is 7.33. The summed E-state index contributed by atoms with van der Waals surface area (Å²) in [5.41, 5.74) is 4.32. The number of carbonyl (C=O) groups excluding carboxylic acids is 6. The highest BCUT2D eigenvalue weighted by Crippen LogP contribution is 2.56. The minimum absolute atomic E-state index is 0.0345. The van der Waals surface area contributed by atoms with Crippen LogP contribution in [0.4, 0.5) is 22.7 Å². The van der Waals surface area contributed by atoms with E-state index in [9.17, 15) is 136 Å². The molecule has 0 saturated carbocycles. The van der Waals surface area contributed by atoms with Gasteiger partial charge in [-0.2, -0.15) is 10.2 Å². The van der Waals surface area contributed by atoms with Crippen molar-refractivity contribution in [3.8, 4) is 68.9 Å². The fourth-order valence-corrected chi connectivity index (χ4v) is 10.6. The number of carbonyl (C=O) groups is 6. The first-order chi connectivity index (χ1) is 41.7. The van der Waals surface area contributed by atoms with E-state index in [-0.39, 0.29) is 53.3 Å². The minimum Gasteiger partial charge on any atom is -0.503 e. The van der Waals surface area contributed by atoms with Gasteiger partial charge in [-0.15, -0.1) is 0 Å². The van der Waals surface area contributed by atoms with E-state index in [1.54, 1.807) is 0 Å². The number of phenolic OH excluding ortho intramolecular Hbond substituents is 8. The number of nitrogens with zero attached hydrogens (tertiary/aromatic N) is 8. The number of rotatable bonds is 13. The molecule has 90 heavy (non-hydrogen) atoms. The average molecular weight is 1270 g/mol. The average Bonchev–Trinajstić information content (AvgIpc) is 0.943. The maximum absolute atomic E-state index is 14.4. The molecule has 0 aliphatic carbocycles. The number of piperidine rings is 2. The molecule has 10 rings (SSSR count). The molecule has 6 amide bonds. The van der Waals surface area contributed by atoms with Gasteiger partial charge in [0.1, 0.15) is 11.4 Å². The van der Waals surface area contributed by atoms with Crippen LogP contribution in [0.15, 0.2) is 48.5 Å². The number of methoxy groups -OCH3 is 1. The van der Waals surface area contributed by atoms with Gasteiger partial charge in [0.05, 0.1) is 13.5 Å². The van der Waals surface area contributed by atoms with Crippen molar-refractivity contribution in [3.63, 3.8) is 0 Å². The van der Waals surface area contributed by atoms with Gasteiger partial charge in [0.15, 0.2) is 52.6 Å². The molecule has 6 heterocycles. The van der Waals surface area contributed by atoms with Gasteiger partial charge in [-0.3, -0.25) is 38.6 Å². The van der Waals surface area contributed by atoms with Gasteiger partial charge in [-0.05, 0) is 61.4 Å². The molecule has 4 aromatic carbocycles. The number of nitrogens with two attached hydrogens (primary N) is 2. The van der Waals surface area contributed by atoms with Crippen molar-refractivity contribution in [2.24, 2.45) is 11.5 Å². The number of aliphatic hydroxyl groups is 13. The van der Waals surface area contributed by atoms with Crippen molar-refractivity contribution in [2.45, 2.75) is 60.0 Å². The van der Waals surface area contributed by atoms with E-state index in [4.69, 9.17) is 25.7 Å². The Morgan fingerprint density at radius 3 is 1.29 bits per heavy atom. The zero-order valence-electron chi connectivity index (χ0n) is 45.2. The van der Waals surface area contributed by atoms with Crippen LogP contribution < -0.4 is 40.5 Å². The number of anilines is 4. The molecule has 40 heteroatoms. The molecule has 1 atom stereocenters. The molecule has 40 nitrogen and oxygen atoms in total. The maximum Gasteiger partial charge on any atom is 0.316 e. The zero-order valence-corrected chi connectivity index (χ0v) is 45.2. The van der Waals surface area contributed by atoms with E-state index in [2.05, 4.69) is 10.2 Å². The van der Waals surface area contributed by atoms with Crippen molar-refractivity contribution in [3.05, 3.63) is 82.4 Å². The van der Waals surface area contributed by atoms with Gasteiger partial charge in [-0.1, -0.05) is 0 Å². The fourth-order valence-electron chi connectivity index (χ4n) is 10.6. The van der Waals surface area contributed by atoms with Crippen molar-refractivity contribution in [1.82, 2.24) is 19.6 Å². The Kier molecular flexibility index (Phi) is 14.1. The Bertz CT molecular complexity index is 4040. The first kappa shape index (κ1) is 62.6. The van der Waals surface area contributed by atoms with Gasteiger partial charge < -0.3 is 143 Å². The van der Waals surface area contributed by atoms with Crippen LogP contribution in [0, 0.1) is 0 Å². The second-order valence-electron chi connectivity index (χ2n) is 20.4. The van der Waals surface area contributed by atoms with Crippen molar-refractivity contribution in [1.29, 1.82) is 0 Å². The second kappa shape index (κ2) is 20.3. The van der Waals surface area contributed by atoms with E-state index in [0.717, 1.165) is 65.4 Å². The summed E-state index contributed by atoms with van der Waals surface area (Å²) >= 11 is 0. The summed E-state index contributed by atoms with van der Waals surface area (Å²) in [6.45, 7) is -2.43. The van der Waals surface area contributed by atoms with Crippen LogP contribution in [-0.2, 0) is 27.2 Å². The molecule has 2 fully saturated rings. The Balaban J connectivity index is 0.901. The molecule has 4 aliphatic heterocycles. The van der Waals surface area contributed by atoms with Crippen LogP contribution >= 0.6 is 0 Å². The number of phenols is 8. The Labute approximate surface area is 496 Å². The Morgan fingerprint density at radius 1 is 0.522 bits per heavy atom. The monoisotopic (exact) mass is 1270 g/mol. The van der Waals surface area contributed by atoms with E-state index in [1.807, 2.05) is 0 Å². The number of hydrogen-bond acceptors (Lipinski definition) is 32. The first-order valence-electron chi connectivity index (χ1n) is 25.3. The third kappa shape index (κ3) is 8.41. The summed E-state index contributed by atoms with van der Waals surface area (Å²) in [5, 5.41) is 234. The fraction of sp³-hybridized carbons (Fsp3) is 0.280. The predicted octanol–water partition coefficient (Wildman–Crippen LogP) is -7.86. The number of hydrogen-bond donors (Lipinski definition) is 23. The van der Waals surface area contributed by atoms with Crippen LogP contribution in [0.2, 0.25) is 0 Å². The molecule has 25 N–H and O–H groups in total. The Morgan fingerprint density at radius 2 is 0.900 bits per heavy atom.